The van der Waals surface area contributed by atoms with Gasteiger partial charge in [0.15, 0.2) is 0 Å². The van der Waals surface area contributed by atoms with Crippen molar-refractivity contribution in [1.82, 2.24) is 14.5 Å². The second kappa shape index (κ2) is 14.6. The van der Waals surface area contributed by atoms with E-state index in [1.165, 1.54) is 4.31 Å². The minimum Gasteiger partial charge on any atom is -0.465 e. The van der Waals surface area contributed by atoms with Crippen molar-refractivity contribution in [2.75, 3.05) is 19.3 Å². The van der Waals surface area contributed by atoms with E-state index in [0.717, 1.165) is 22.3 Å². The van der Waals surface area contributed by atoms with Crippen molar-refractivity contribution in [1.29, 1.82) is 0 Å². The number of carbonyl (C=O) groups excluding carboxylic acids is 1. The summed E-state index contributed by atoms with van der Waals surface area (Å²) in [6, 6.07) is 16.4. The van der Waals surface area contributed by atoms with Gasteiger partial charge in [-0.3, -0.25) is 9.69 Å². The highest BCUT2D eigenvalue weighted by Gasteiger charge is 2.41. The molecular weight excluding hydrogens is 530 g/mol. The molecule has 0 aliphatic carbocycles. The van der Waals surface area contributed by atoms with Crippen LogP contribution in [-0.2, 0) is 27.8 Å². The maximum absolute atomic E-state index is 13.9. The van der Waals surface area contributed by atoms with Crippen LogP contribution in [-0.4, -0.2) is 77.4 Å². The highest BCUT2D eigenvalue weighted by molar-refractivity contribution is 7.88. The van der Waals surface area contributed by atoms with Gasteiger partial charge in [0.25, 0.3) is 0 Å². The molecule has 3 atom stereocenters. The zero-order chi connectivity index (χ0) is 30.1. The maximum Gasteiger partial charge on any atom is 0.408 e. The monoisotopic (exact) mass is 575 g/mol. The summed E-state index contributed by atoms with van der Waals surface area (Å²) >= 11 is 0. The quantitative estimate of drug-likeness (QED) is 0.313. The molecule has 2 amide bonds. The van der Waals surface area contributed by atoms with Gasteiger partial charge < -0.3 is 15.5 Å². The predicted molar refractivity (Wildman–Crippen MR) is 157 cm³/mol. The maximum atomic E-state index is 13.9. The van der Waals surface area contributed by atoms with Gasteiger partial charge in [0.1, 0.15) is 6.04 Å². The number of nitrogens with zero attached hydrogens (tertiary/aromatic N) is 2. The van der Waals surface area contributed by atoms with E-state index >= 15 is 0 Å². The summed E-state index contributed by atoms with van der Waals surface area (Å²) in [6.45, 7) is 9.41. The van der Waals surface area contributed by atoms with Crippen LogP contribution >= 0.6 is 0 Å². The van der Waals surface area contributed by atoms with Gasteiger partial charge in [-0.1, -0.05) is 95.3 Å². The summed E-state index contributed by atoms with van der Waals surface area (Å²) < 4.78 is 26.3. The van der Waals surface area contributed by atoms with Crippen LogP contribution in [0.2, 0.25) is 0 Å². The number of hydrogen-bond donors (Lipinski definition) is 3. The number of carboxylic acid groups (broad SMARTS) is 1. The second-order valence-electron chi connectivity index (χ2n) is 11.8. The number of carbonyl (C=O) groups is 2. The average molecular weight is 576 g/mol. The highest BCUT2D eigenvalue weighted by atomic mass is 32.2. The van der Waals surface area contributed by atoms with Crippen molar-refractivity contribution >= 4 is 22.0 Å². The summed E-state index contributed by atoms with van der Waals surface area (Å²) in [5, 5.41) is 24.4. The highest BCUT2D eigenvalue weighted by Crippen LogP contribution is 2.27. The molecule has 3 N–H and O–H groups in total. The first-order chi connectivity index (χ1) is 18.6. The first kappa shape index (κ1) is 33.3. The number of nitrogens with one attached hydrogen (secondary N) is 1. The SMILES string of the molecule is CC(C)CCN(C[C@@H](O)[C@H](Cc1ccccc1)NC(=O)[C@@H](N(Cc1ccccc1)C(=O)O)C(C)(C)C)S(C)(=O)=O. The molecule has 40 heavy (non-hydrogen) atoms. The zero-order valence-corrected chi connectivity index (χ0v) is 25.3. The number of aliphatic hydroxyl groups is 1. The molecule has 0 radical (unpaired) electrons. The number of rotatable bonds is 14. The van der Waals surface area contributed by atoms with Crippen LogP contribution in [0.1, 0.15) is 52.2 Å². The van der Waals surface area contributed by atoms with E-state index in [4.69, 9.17) is 0 Å². The number of aliphatic hydroxyl groups excluding tert-OH is 1. The molecule has 0 unspecified atom stereocenters. The molecule has 10 heteroatoms. The summed E-state index contributed by atoms with van der Waals surface area (Å²) in [5.74, 6) is -0.292. The molecule has 2 rings (SSSR count). The van der Waals surface area contributed by atoms with E-state index in [-0.39, 0.29) is 32.0 Å². The molecular formula is C30H45N3O6S. The Hall–Kier alpha value is -2.95. The van der Waals surface area contributed by atoms with Gasteiger partial charge in [0.05, 0.1) is 18.4 Å². The minimum atomic E-state index is -3.61. The summed E-state index contributed by atoms with van der Waals surface area (Å²) in [7, 11) is -3.61. The molecule has 2 aromatic carbocycles. The first-order valence-electron chi connectivity index (χ1n) is 13.6. The molecule has 0 aliphatic heterocycles. The second-order valence-corrected chi connectivity index (χ2v) is 13.8. The largest absolute Gasteiger partial charge is 0.465 e. The molecule has 222 valence electrons. The smallest absolute Gasteiger partial charge is 0.408 e. The fraction of sp³-hybridized carbons (Fsp3) is 0.533. The zero-order valence-electron chi connectivity index (χ0n) is 24.4. The topological polar surface area (TPSA) is 127 Å². The third-order valence-electron chi connectivity index (χ3n) is 6.73. The van der Waals surface area contributed by atoms with Crippen LogP contribution < -0.4 is 5.32 Å². The molecule has 0 fully saturated rings. The molecule has 0 spiro atoms. The lowest BCUT2D eigenvalue weighted by molar-refractivity contribution is -0.131. The van der Waals surface area contributed by atoms with Crippen molar-refractivity contribution in [3.05, 3.63) is 71.8 Å². The van der Waals surface area contributed by atoms with Crippen molar-refractivity contribution in [2.24, 2.45) is 11.3 Å². The number of hydrogen-bond acceptors (Lipinski definition) is 5. The number of sulfonamides is 1. The lowest BCUT2D eigenvalue weighted by Gasteiger charge is -2.39. The third kappa shape index (κ3) is 10.6. The summed E-state index contributed by atoms with van der Waals surface area (Å²) in [4.78, 5) is 27.4. The van der Waals surface area contributed by atoms with Gasteiger partial charge in [-0.25, -0.2) is 13.2 Å². The predicted octanol–water partition coefficient (Wildman–Crippen LogP) is 3.98. The molecule has 0 saturated heterocycles. The van der Waals surface area contributed by atoms with Crippen molar-refractivity contribution in [3.8, 4) is 0 Å². The molecule has 9 nitrogen and oxygen atoms in total. The lowest BCUT2D eigenvalue weighted by Crippen LogP contribution is -2.59. The Kier molecular flexibility index (Phi) is 12.2. The molecule has 0 saturated carbocycles. The minimum absolute atomic E-state index is 0.00843. The van der Waals surface area contributed by atoms with E-state index in [2.05, 4.69) is 5.32 Å². The van der Waals surface area contributed by atoms with Crippen LogP contribution in [0.4, 0.5) is 4.79 Å². The Bertz CT molecular complexity index is 1180. The Morgan fingerprint density at radius 2 is 1.48 bits per heavy atom. The van der Waals surface area contributed by atoms with Crippen LogP contribution in [0.5, 0.6) is 0 Å². The molecule has 0 heterocycles. The number of amides is 2. The molecule has 0 bridgehead atoms. The van der Waals surface area contributed by atoms with Crippen LogP contribution in [0, 0.1) is 11.3 Å². The van der Waals surface area contributed by atoms with Gasteiger partial charge in [-0.05, 0) is 35.3 Å². The average Bonchev–Trinajstić information content (AvgIpc) is 2.85. The lowest BCUT2D eigenvalue weighted by atomic mass is 9.84. The Morgan fingerprint density at radius 3 is 1.93 bits per heavy atom. The van der Waals surface area contributed by atoms with Gasteiger partial charge in [0, 0.05) is 19.6 Å². The van der Waals surface area contributed by atoms with E-state index in [0.29, 0.717) is 6.42 Å². The van der Waals surface area contributed by atoms with E-state index in [9.17, 15) is 28.2 Å². The van der Waals surface area contributed by atoms with E-state index in [1.807, 2.05) is 50.2 Å². The fourth-order valence-corrected chi connectivity index (χ4v) is 5.46. The Morgan fingerprint density at radius 1 is 0.950 bits per heavy atom. The number of benzene rings is 2. The van der Waals surface area contributed by atoms with Crippen molar-refractivity contribution in [3.63, 3.8) is 0 Å². The van der Waals surface area contributed by atoms with Crippen LogP contribution in [0.3, 0.4) is 0 Å². The van der Waals surface area contributed by atoms with Crippen LogP contribution in [0.25, 0.3) is 0 Å². The molecule has 2 aromatic rings. The Balaban J connectivity index is 2.40. The summed E-state index contributed by atoms with van der Waals surface area (Å²) in [5.41, 5.74) is 0.795. The van der Waals surface area contributed by atoms with Gasteiger partial charge in [-0.2, -0.15) is 4.31 Å². The van der Waals surface area contributed by atoms with Crippen molar-refractivity contribution < 1.29 is 28.2 Å². The van der Waals surface area contributed by atoms with Gasteiger partial charge >= 0.3 is 6.09 Å². The van der Waals surface area contributed by atoms with Crippen molar-refractivity contribution in [2.45, 2.75) is 72.2 Å². The fourth-order valence-electron chi connectivity index (χ4n) is 4.60. The molecule has 0 aliphatic rings. The van der Waals surface area contributed by atoms with Gasteiger partial charge in [0.2, 0.25) is 15.9 Å². The van der Waals surface area contributed by atoms with E-state index in [1.54, 1.807) is 45.0 Å². The van der Waals surface area contributed by atoms with E-state index < -0.39 is 45.6 Å². The Labute approximate surface area is 239 Å². The normalized spacial score (nSPS) is 14.5. The third-order valence-corrected chi connectivity index (χ3v) is 8.00. The van der Waals surface area contributed by atoms with Gasteiger partial charge in [-0.15, -0.1) is 0 Å². The standard InChI is InChI=1S/C30H45N3O6S/c1-22(2)17-18-32(40(6,38)39)21-26(34)25(19-23-13-9-7-10-14-23)31-28(35)27(30(3,4)5)33(29(36)37)20-24-15-11-8-12-16-24/h7-16,22,25-27,34H,17-21H2,1-6H3,(H,31,35)(H,36,37)/t25-,26+,27+/m0/s1. The first-order valence-corrected chi connectivity index (χ1v) is 15.5. The summed E-state index contributed by atoms with van der Waals surface area (Å²) in [6.07, 6.45) is -0.517. The molecule has 0 aromatic heterocycles. The van der Waals surface area contributed by atoms with Crippen LogP contribution in [0.15, 0.2) is 60.7 Å².